The molecular weight excluding hydrogens is 474 g/mol. The monoisotopic (exact) mass is 469 g/mol. The molecule has 1 nitrogen and oxygen atoms in total. The molecule has 0 saturated heterocycles. The van der Waals surface area contributed by atoms with E-state index in [2.05, 4.69) is 84.6 Å². The minimum absolute atomic E-state index is 0.763. The van der Waals surface area contributed by atoms with Gasteiger partial charge < -0.3 is 0 Å². The van der Waals surface area contributed by atoms with E-state index in [9.17, 15) is 0 Å². The van der Waals surface area contributed by atoms with Crippen molar-refractivity contribution in [3.05, 3.63) is 22.6 Å². The molecule has 0 bridgehead atoms. The summed E-state index contributed by atoms with van der Waals surface area (Å²) in [7, 11) is 0. The van der Waals surface area contributed by atoms with Crippen molar-refractivity contribution in [1.29, 1.82) is 0 Å². The third-order valence-corrected chi connectivity index (χ3v) is 6.56. The number of rotatable bonds is 0. The van der Waals surface area contributed by atoms with Crippen LogP contribution in [-0.2, 0) is 0 Å². The van der Waals surface area contributed by atoms with Gasteiger partial charge in [-0.1, -0.05) is 0 Å². The fraction of sp³-hybridized carbons (Fsp3) is 0. The Hall–Kier alpha value is 1.55. The van der Waals surface area contributed by atoms with Gasteiger partial charge in [0.05, 0.1) is 13.4 Å². The number of pyridine rings is 1. The molecule has 1 rings (SSSR count). The Labute approximate surface area is 106 Å². The van der Waals surface area contributed by atoms with Gasteiger partial charge in [-0.2, -0.15) is 0 Å². The SMILES string of the molecule is Brc1nc(Br)c(Br)c(Br)c1Br. The Morgan fingerprint density at radius 1 is 0.636 bits per heavy atom. The second-order valence-electron chi connectivity index (χ2n) is 1.64. The van der Waals surface area contributed by atoms with E-state index in [4.69, 9.17) is 0 Å². The fourth-order valence-corrected chi connectivity index (χ4v) is 3.20. The fourth-order valence-electron chi connectivity index (χ4n) is 0.462. The second-order valence-corrected chi connectivity index (χ2v) is 5.52. The molecule has 0 amide bonds. The van der Waals surface area contributed by atoms with E-state index in [1.54, 1.807) is 0 Å². The van der Waals surface area contributed by atoms with Crippen molar-refractivity contribution >= 4 is 79.6 Å². The molecule has 0 aromatic carbocycles. The van der Waals surface area contributed by atoms with Crippen LogP contribution in [0.15, 0.2) is 22.6 Å². The summed E-state index contributed by atoms with van der Waals surface area (Å²) >= 11 is 16.7. The quantitative estimate of drug-likeness (QED) is 0.489. The van der Waals surface area contributed by atoms with E-state index >= 15 is 0 Å². The zero-order valence-corrected chi connectivity index (χ0v) is 12.8. The Balaban J connectivity index is 3.46. The maximum absolute atomic E-state index is 4.14. The summed E-state index contributed by atoms with van der Waals surface area (Å²) in [6.45, 7) is 0. The third kappa shape index (κ3) is 2.27. The number of halogens is 5. The molecule has 11 heavy (non-hydrogen) atoms. The summed E-state index contributed by atoms with van der Waals surface area (Å²) in [5.74, 6) is 0. The van der Waals surface area contributed by atoms with Crippen LogP contribution in [0.1, 0.15) is 0 Å². The number of nitrogens with zero attached hydrogens (tertiary/aromatic N) is 1. The minimum atomic E-state index is 0.763. The van der Waals surface area contributed by atoms with Crippen molar-refractivity contribution in [2.75, 3.05) is 0 Å². The predicted molar refractivity (Wildman–Crippen MR) is 62.7 cm³/mol. The van der Waals surface area contributed by atoms with Crippen LogP contribution in [0.3, 0.4) is 0 Å². The molecule has 0 aliphatic rings. The second kappa shape index (κ2) is 4.17. The summed E-state index contributed by atoms with van der Waals surface area (Å²) in [4.78, 5) is 4.14. The van der Waals surface area contributed by atoms with Gasteiger partial charge in [0.1, 0.15) is 9.21 Å². The van der Waals surface area contributed by atoms with Crippen molar-refractivity contribution in [3.63, 3.8) is 0 Å². The molecule has 0 aliphatic heterocycles. The highest BCUT2D eigenvalue weighted by Gasteiger charge is 2.10. The first-order valence-electron chi connectivity index (χ1n) is 2.39. The Morgan fingerprint density at radius 2 is 1.00 bits per heavy atom. The van der Waals surface area contributed by atoms with Crippen LogP contribution >= 0.6 is 79.6 Å². The molecule has 0 fully saturated rings. The van der Waals surface area contributed by atoms with Gasteiger partial charge in [-0.25, -0.2) is 4.98 Å². The first kappa shape index (κ1) is 10.6. The van der Waals surface area contributed by atoms with E-state index < -0.39 is 0 Å². The molecule has 0 radical (unpaired) electrons. The average Bonchev–Trinajstić information content (AvgIpc) is 1.97. The van der Waals surface area contributed by atoms with E-state index in [0.717, 1.165) is 22.6 Å². The van der Waals surface area contributed by atoms with Gasteiger partial charge in [-0.15, -0.1) is 0 Å². The van der Waals surface area contributed by atoms with Crippen LogP contribution in [0.25, 0.3) is 0 Å². The Kier molecular flexibility index (Phi) is 4.03. The van der Waals surface area contributed by atoms with Crippen LogP contribution in [0.5, 0.6) is 0 Å². The summed E-state index contributed by atoms with van der Waals surface area (Å²) in [6, 6.07) is 0. The largest absolute Gasteiger partial charge is 0.232 e. The van der Waals surface area contributed by atoms with Crippen LogP contribution in [-0.4, -0.2) is 4.98 Å². The molecule has 1 heterocycles. The van der Waals surface area contributed by atoms with Gasteiger partial charge in [-0.3, -0.25) is 0 Å². The minimum Gasteiger partial charge on any atom is -0.232 e. The lowest BCUT2D eigenvalue weighted by atomic mass is 10.5. The Morgan fingerprint density at radius 3 is 1.36 bits per heavy atom. The molecule has 0 aliphatic carbocycles. The zero-order chi connectivity index (χ0) is 8.59. The van der Waals surface area contributed by atoms with Crippen molar-refractivity contribution in [2.45, 2.75) is 0 Å². The van der Waals surface area contributed by atoms with Gasteiger partial charge >= 0.3 is 0 Å². The summed E-state index contributed by atoms with van der Waals surface area (Å²) in [5.41, 5.74) is 0. The molecular formula is C5Br5N. The highest BCUT2D eigenvalue weighted by atomic mass is 79.9. The number of aromatic nitrogens is 1. The molecule has 1 aromatic rings. The highest BCUT2D eigenvalue weighted by Crippen LogP contribution is 2.38. The molecule has 1 aromatic heterocycles. The molecule has 0 atom stereocenters. The lowest BCUT2D eigenvalue weighted by Gasteiger charge is -2.02. The summed E-state index contributed by atoms with van der Waals surface area (Å²) in [6.07, 6.45) is 0. The zero-order valence-electron chi connectivity index (χ0n) is 4.84. The molecule has 0 saturated carbocycles. The lowest BCUT2D eigenvalue weighted by Crippen LogP contribution is -1.83. The lowest BCUT2D eigenvalue weighted by molar-refractivity contribution is 1.18. The first-order valence-corrected chi connectivity index (χ1v) is 6.36. The normalized spacial score (nSPS) is 10.3. The van der Waals surface area contributed by atoms with Gasteiger partial charge in [-0.05, 0) is 79.6 Å². The summed E-state index contributed by atoms with van der Waals surface area (Å²) in [5, 5.41) is 0. The molecule has 0 unspecified atom stereocenters. The van der Waals surface area contributed by atoms with Gasteiger partial charge in [0.25, 0.3) is 0 Å². The number of hydrogen-bond donors (Lipinski definition) is 0. The van der Waals surface area contributed by atoms with E-state index in [-0.39, 0.29) is 0 Å². The van der Waals surface area contributed by atoms with Crippen LogP contribution in [0, 0.1) is 0 Å². The van der Waals surface area contributed by atoms with Crippen molar-refractivity contribution in [1.82, 2.24) is 4.98 Å². The van der Waals surface area contributed by atoms with Gasteiger partial charge in [0.2, 0.25) is 0 Å². The maximum atomic E-state index is 4.14. The molecule has 6 heteroatoms. The van der Waals surface area contributed by atoms with Crippen LogP contribution in [0.2, 0.25) is 0 Å². The molecule has 60 valence electrons. The van der Waals surface area contributed by atoms with Gasteiger partial charge in [0, 0.05) is 0 Å². The first-order chi connectivity index (χ1) is 5.04. The van der Waals surface area contributed by atoms with E-state index in [0.29, 0.717) is 0 Å². The van der Waals surface area contributed by atoms with Crippen LogP contribution < -0.4 is 0 Å². The van der Waals surface area contributed by atoms with Crippen molar-refractivity contribution in [2.24, 2.45) is 0 Å². The molecule has 0 spiro atoms. The highest BCUT2D eigenvalue weighted by molar-refractivity contribution is 9.15. The third-order valence-electron chi connectivity index (χ3n) is 0.944. The van der Waals surface area contributed by atoms with E-state index in [1.165, 1.54) is 0 Å². The number of hydrogen-bond acceptors (Lipinski definition) is 1. The smallest absolute Gasteiger partial charge is 0.122 e. The van der Waals surface area contributed by atoms with Gasteiger partial charge in [0.15, 0.2) is 0 Å². The van der Waals surface area contributed by atoms with Crippen molar-refractivity contribution in [3.8, 4) is 0 Å². The predicted octanol–water partition coefficient (Wildman–Crippen LogP) is 4.89. The Bertz CT molecular complexity index is 271. The van der Waals surface area contributed by atoms with E-state index in [1.807, 2.05) is 0 Å². The summed E-state index contributed by atoms with van der Waals surface area (Å²) < 4.78 is 4.25. The standard InChI is InChI=1S/C5Br5N/c6-1-2(7)4(9)11-5(10)3(1)8. The maximum Gasteiger partial charge on any atom is 0.122 e. The molecule has 0 N–H and O–H groups in total. The topological polar surface area (TPSA) is 12.9 Å². The van der Waals surface area contributed by atoms with Crippen LogP contribution in [0.4, 0.5) is 0 Å². The van der Waals surface area contributed by atoms with Crippen molar-refractivity contribution < 1.29 is 0 Å². The average molecular weight is 474 g/mol.